The van der Waals surface area contributed by atoms with Crippen LogP contribution in [0, 0.1) is 5.92 Å². The number of hydrogen-bond donors (Lipinski definition) is 1. The molecule has 2 nitrogen and oxygen atoms in total. The highest BCUT2D eigenvalue weighted by Gasteiger charge is 2.22. The molecule has 1 fully saturated rings. The van der Waals surface area contributed by atoms with Crippen molar-refractivity contribution in [2.75, 3.05) is 13.2 Å². The summed E-state index contributed by atoms with van der Waals surface area (Å²) in [5, 5.41) is 0. The molecular formula is C13H21NO. The Morgan fingerprint density at radius 1 is 1.40 bits per heavy atom. The zero-order valence-electron chi connectivity index (χ0n) is 9.37. The van der Waals surface area contributed by atoms with Gasteiger partial charge >= 0.3 is 0 Å². The molecule has 15 heavy (non-hydrogen) atoms. The third kappa shape index (κ3) is 3.71. The van der Waals surface area contributed by atoms with E-state index in [0.717, 1.165) is 44.1 Å². The average molecular weight is 207 g/mol. The SMILES string of the molecule is NCCCC1=CC(OCC2CC2)=CCC1. The molecule has 0 aliphatic heterocycles. The molecule has 0 aromatic carbocycles. The lowest BCUT2D eigenvalue weighted by Crippen LogP contribution is -2.02. The summed E-state index contributed by atoms with van der Waals surface area (Å²) < 4.78 is 5.77. The molecule has 2 heteroatoms. The van der Waals surface area contributed by atoms with E-state index in [1.165, 1.54) is 24.8 Å². The molecule has 2 aliphatic rings. The molecule has 0 heterocycles. The molecule has 1 saturated carbocycles. The maximum Gasteiger partial charge on any atom is 0.115 e. The van der Waals surface area contributed by atoms with Gasteiger partial charge in [-0.1, -0.05) is 5.57 Å². The molecule has 0 saturated heterocycles. The first-order valence-electron chi connectivity index (χ1n) is 6.11. The molecular weight excluding hydrogens is 186 g/mol. The van der Waals surface area contributed by atoms with Gasteiger partial charge in [0.25, 0.3) is 0 Å². The third-order valence-electron chi connectivity index (χ3n) is 3.04. The minimum Gasteiger partial charge on any atom is -0.494 e. The lowest BCUT2D eigenvalue weighted by atomic mass is 10.00. The van der Waals surface area contributed by atoms with E-state index in [9.17, 15) is 0 Å². The highest BCUT2D eigenvalue weighted by molar-refractivity contribution is 5.23. The van der Waals surface area contributed by atoms with Crippen LogP contribution < -0.4 is 5.73 Å². The fourth-order valence-electron chi connectivity index (χ4n) is 1.86. The van der Waals surface area contributed by atoms with Crippen molar-refractivity contribution in [1.82, 2.24) is 0 Å². The summed E-state index contributed by atoms with van der Waals surface area (Å²) in [4.78, 5) is 0. The Hall–Kier alpha value is -0.760. The van der Waals surface area contributed by atoms with Crippen LogP contribution in [0.1, 0.15) is 38.5 Å². The fourth-order valence-corrected chi connectivity index (χ4v) is 1.86. The van der Waals surface area contributed by atoms with Gasteiger partial charge in [0, 0.05) is 0 Å². The Morgan fingerprint density at radius 3 is 3.00 bits per heavy atom. The molecule has 0 aromatic heterocycles. The van der Waals surface area contributed by atoms with Crippen LogP contribution in [0.2, 0.25) is 0 Å². The lowest BCUT2D eigenvalue weighted by Gasteiger charge is -2.14. The van der Waals surface area contributed by atoms with Crippen molar-refractivity contribution in [2.45, 2.75) is 38.5 Å². The Labute approximate surface area is 92.2 Å². The summed E-state index contributed by atoms with van der Waals surface area (Å²) in [7, 11) is 0. The quantitative estimate of drug-likeness (QED) is 0.727. The first kappa shape index (κ1) is 10.7. The van der Waals surface area contributed by atoms with Crippen molar-refractivity contribution in [3.63, 3.8) is 0 Å². The van der Waals surface area contributed by atoms with Gasteiger partial charge in [0.2, 0.25) is 0 Å². The molecule has 0 amide bonds. The summed E-state index contributed by atoms with van der Waals surface area (Å²) in [6.45, 7) is 1.71. The van der Waals surface area contributed by atoms with Gasteiger partial charge in [0.05, 0.1) is 6.61 Å². The van der Waals surface area contributed by atoms with E-state index in [4.69, 9.17) is 10.5 Å². The molecule has 0 bridgehead atoms. The first-order chi connectivity index (χ1) is 7.38. The second kappa shape index (κ2) is 5.36. The predicted molar refractivity (Wildman–Crippen MR) is 62.4 cm³/mol. The van der Waals surface area contributed by atoms with Gasteiger partial charge in [0.15, 0.2) is 0 Å². The van der Waals surface area contributed by atoms with E-state index < -0.39 is 0 Å². The molecule has 2 rings (SSSR count). The van der Waals surface area contributed by atoms with E-state index >= 15 is 0 Å². The Balaban J connectivity index is 1.77. The van der Waals surface area contributed by atoms with E-state index in [0.29, 0.717) is 0 Å². The smallest absolute Gasteiger partial charge is 0.115 e. The summed E-state index contributed by atoms with van der Waals surface area (Å²) in [6.07, 6.45) is 11.7. The highest BCUT2D eigenvalue weighted by atomic mass is 16.5. The first-order valence-corrected chi connectivity index (χ1v) is 6.11. The summed E-state index contributed by atoms with van der Waals surface area (Å²) in [6, 6.07) is 0. The van der Waals surface area contributed by atoms with E-state index in [1.54, 1.807) is 0 Å². The van der Waals surface area contributed by atoms with Gasteiger partial charge in [-0.05, 0) is 63.1 Å². The number of ether oxygens (including phenoxy) is 1. The second-order valence-electron chi connectivity index (χ2n) is 4.59. The zero-order valence-corrected chi connectivity index (χ0v) is 9.37. The Morgan fingerprint density at radius 2 is 2.27 bits per heavy atom. The fraction of sp³-hybridized carbons (Fsp3) is 0.692. The largest absolute Gasteiger partial charge is 0.494 e. The summed E-state index contributed by atoms with van der Waals surface area (Å²) >= 11 is 0. The average Bonchev–Trinajstić information content (AvgIpc) is 3.08. The maximum atomic E-state index is 5.77. The molecule has 84 valence electrons. The van der Waals surface area contributed by atoms with Crippen molar-refractivity contribution in [3.8, 4) is 0 Å². The second-order valence-corrected chi connectivity index (χ2v) is 4.59. The van der Waals surface area contributed by atoms with Crippen molar-refractivity contribution in [1.29, 1.82) is 0 Å². The van der Waals surface area contributed by atoms with E-state index in [-0.39, 0.29) is 0 Å². The topological polar surface area (TPSA) is 35.2 Å². The molecule has 2 aliphatic carbocycles. The third-order valence-corrected chi connectivity index (χ3v) is 3.04. The molecule has 0 aromatic rings. The minimum absolute atomic E-state index is 0.791. The van der Waals surface area contributed by atoms with Crippen LogP contribution in [0.4, 0.5) is 0 Å². The lowest BCUT2D eigenvalue weighted by molar-refractivity contribution is 0.208. The number of rotatable bonds is 6. The summed E-state index contributed by atoms with van der Waals surface area (Å²) in [5.41, 5.74) is 7.02. The van der Waals surface area contributed by atoms with Crippen molar-refractivity contribution in [3.05, 3.63) is 23.5 Å². The van der Waals surface area contributed by atoms with Gasteiger partial charge in [-0.25, -0.2) is 0 Å². The van der Waals surface area contributed by atoms with Crippen LogP contribution in [0.5, 0.6) is 0 Å². The van der Waals surface area contributed by atoms with Gasteiger partial charge < -0.3 is 10.5 Å². The number of allylic oxidation sites excluding steroid dienone is 3. The van der Waals surface area contributed by atoms with Crippen LogP contribution in [-0.2, 0) is 4.74 Å². The minimum atomic E-state index is 0.791. The molecule has 2 N–H and O–H groups in total. The Bertz CT molecular complexity index is 264. The van der Waals surface area contributed by atoms with Crippen LogP contribution in [0.15, 0.2) is 23.5 Å². The maximum absolute atomic E-state index is 5.77. The standard InChI is InChI=1S/C13H21NO/c14-8-2-4-11-3-1-5-13(9-11)15-10-12-6-7-12/h5,9,12H,1-4,6-8,10,14H2. The Kier molecular flexibility index (Phi) is 3.84. The predicted octanol–water partition coefficient (Wildman–Crippen LogP) is 2.76. The van der Waals surface area contributed by atoms with Crippen LogP contribution in [-0.4, -0.2) is 13.2 Å². The number of hydrogen-bond acceptors (Lipinski definition) is 2. The van der Waals surface area contributed by atoms with Crippen molar-refractivity contribution >= 4 is 0 Å². The monoisotopic (exact) mass is 207 g/mol. The molecule has 0 radical (unpaired) electrons. The van der Waals surface area contributed by atoms with E-state index in [1.807, 2.05) is 0 Å². The molecule has 0 atom stereocenters. The van der Waals surface area contributed by atoms with Crippen LogP contribution >= 0.6 is 0 Å². The number of nitrogens with two attached hydrogens (primary N) is 1. The van der Waals surface area contributed by atoms with Gasteiger partial charge in [0.1, 0.15) is 5.76 Å². The zero-order chi connectivity index (χ0) is 10.5. The molecule has 0 spiro atoms. The van der Waals surface area contributed by atoms with Crippen LogP contribution in [0.25, 0.3) is 0 Å². The van der Waals surface area contributed by atoms with E-state index in [2.05, 4.69) is 12.2 Å². The van der Waals surface area contributed by atoms with Crippen molar-refractivity contribution < 1.29 is 4.74 Å². The normalized spacial score (nSPS) is 20.9. The van der Waals surface area contributed by atoms with Crippen LogP contribution in [0.3, 0.4) is 0 Å². The summed E-state index contributed by atoms with van der Waals surface area (Å²) in [5.74, 6) is 1.94. The molecule has 0 unspecified atom stereocenters. The van der Waals surface area contributed by atoms with Crippen molar-refractivity contribution in [2.24, 2.45) is 11.7 Å². The highest BCUT2D eigenvalue weighted by Crippen LogP contribution is 2.30. The van der Waals surface area contributed by atoms with Gasteiger partial charge in [-0.15, -0.1) is 0 Å². The van der Waals surface area contributed by atoms with Gasteiger partial charge in [-0.2, -0.15) is 0 Å². The van der Waals surface area contributed by atoms with Gasteiger partial charge in [-0.3, -0.25) is 0 Å².